The van der Waals surface area contributed by atoms with Crippen molar-refractivity contribution in [1.29, 1.82) is 0 Å². The fourth-order valence-electron chi connectivity index (χ4n) is 3.97. The van der Waals surface area contributed by atoms with Crippen LogP contribution in [0.4, 0.5) is 15.2 Å². The number of carbonyl (C=O) groups excluding carboxylic acids is 1. The Labute approximate surface area is 251 Å². The molecular weight excluding hydrogens is 575 g/mol. The topological polar surface area (TPSA) is 84.8 Å². The number of carbonyl (C=O) groups is 1. The number of rotatable bonds is 10. The molecule has 0 radical (unpaired) electrons. The van der Waals surface area contributed by atoms with Crippen LogP contribution in [0.5, 0.6) is 11.5 Å². The second-order valence-corrected chi connectivity index (χ2v) is 10.5. The van der Waals surface area contributed by atoms with Crippen LogP contribution in [0.2, 0.25) is 5.02 Å². The van der Waals surface area contributed by atoms with Crippen molar-refractivity contribution in [1.82, 2.24) is 10.4 Å². The van der Waals surface area contributed by atoms with Gasteiger partial charge < -0.3 is 14.8 Å². The molecule has 0 saturated carbocycles. The van der Waals surface area contributed by atoms with E-state index in [0.29, 0.717) is 22.4 Å². The zero-order valence-corrected chi connectivity index (χ0v) is 24.3. The lowest BCUT2D eigenvalue weighted by Crippen LogP contribution is -2.17. The first-order valence-corrected chi connectivity index (χ1v) is 14.1. The Morgan fingerprint density at radius 3 is 2.57 bits per heavy atom. The zero-order valence-electron chi connectivity index (χ0n) is 22.7. The van der Waals surface area contributed by atoms with E-state index in [0.717, 1.165) is 22.1 Å². The summed E-state index contributed by atoms with van der Waals surface area (Å²) in [5.41, 5.74) is 7.79. The molecule has 2 N–H and O–H groups in total. The first-order chi connectivity index (χ1) is 20.4. The van der Waals surface area contributed by atoms with Crippen molar-refractivity contribution >= 4 is 45.9 Å². The first kappa shape index (κ1) is 28.8. The molecule has 0 saturated heterocycles. The highest BCUT2D eigenvalue weighted by atomic mass is 35.5. The standard InChI is InChI=1S/C32H26ClFN4O3S/c1-20-7-13-25(14-8-20)36-32-37-28(19-42-32)22-9-11-23(12-10-22)31(39)38-35-17-21-15-26(33)30(29(16-21)40-2)41-18-24-5-3-4-6-27(24)34/h3-17,19H,18H2,1-2H3,(H,36,37)(H,38,39)/b35-17-. The summed E-state index contributed by atoms with van der Waals surface area (Å²) in [7, 11) is 1.47. The molecule has 1 amide bonds. The van der Waals surface area contributed by atoms with Crippen LogP contribution < -0.4 is 20.2 Å². The Kier molecular flexibility index (Phi) is 9.11. The van der Waals surface area contributed by atoms with Crippen molar-refractivity contribution in [3.8, 4) is 22.8 Å². The fraction of sp³-hybridized carbons (Fsp3) is 0.0938. The highest BCUT2D eigenvalue weighted by molar-refractivity contribution is 7.14. The lowest BCUT2D eigenvalue weighted by Gasteiger charge is -2.13. The monoisotopic (exact) mass is 600 g/mol. The number of hydrogen-bond donors (Lipinski definition) is 2. The van der Waals surface area contributed by atoms with Crippen LogP contribution >= 0.6 is 22.9 Å². The van der Waals surface area contributed by atoms with Crippen molar-refractivity contribution in [2.24, 2.45) is 5.10 Å². The number of hydrazone groups is 1. The molecule has 1 heterocycles. The van der Waals surface area contributed by atoms with Crippen LogP contribution in [0.25, 0.3) is 11.3 Å². The second-order valence-electron chi connectivity index (χ2n) is 9.22. The molecule has 42 heavy (non-hydrogen) atoms. The number of hydrogen-bond acceptors (Lipinski definition) is 7. The van der Waals surface area contributed by atoms with Crippen LogP contribution in [-0.4, -0.2) is 24.2 Å². The third-order valence-corrected chi connectivity index (χ3v) is 7.25. The molecule has 4 aromatic carbocycles. The third-order valence-electron chi connectivity index (χ3n) is 6.21. The maximum atomic E-state index is 13.9. The highest BCUT2D eigenvalue weighted by Crippen LogP contribution is 2.36. The van der Waals surface area contributed by atoms with E-state index in [1.807, 2.05) is 48.7 Å². The van der Waals surface area contributed by atoms with Gasteiger partial charge in [-0.3, -0.25) is 4.79 Å². The summed E-state index contributed by atoms with van der Waals surface area (Å²) in [5.74, 6) is -0.116. The van der Waals surface area contributed by atoms with Crippen LogP contribution in [-0.2, 0) is 6.61 Å². The van der Waals surface area contributed by atoms with Gasteiger partial charge in [0.15, 0.2) is 16.6 Å². The quantitative estimate of drug-likeness (QED) is 0.125. The number of methoxy groups -OCH3 is 1. The number of thiazole rings is 1. The van der Waals surface area contributed by atoms with Crippen molar-refractivity contribution in [2.45, 2.75) is 13.5 Å². The molecule has 7 nitrogen and oxygen atoms in total. The second kappa shape index (κ2) is 13.3. The van der Waals surface area contributed by atoms with E-state index >= 15 is 0 Å². The summed E-state index contributed by atoms with van der Waals surface area (Å²) in [6, 6.07) is 24.8. The van der Waals surface area contributed by atoms with Gasteiger partial charge in [0.05, 0.1) is 24.0 Å². The number of benzene rings is 4. The molecule has 0 spiro atoms. The molecule has 0 fully saturated rings. The van der Waals surface area contributed by atoms with Crippen molar-refractivity contribution < 1.29 is 18.7 Å². The summed E-state index contributed by atoms with van der Waals surface area (Å²) in [4.78, 5) is 17.3. The molecule has 212 valence electrons. The van der Waals surface area contributed by atoms with E-state index in [1.54, 1.807) is 42.5 Å². The minimum Gasteiger partial charge on any atom is -0.493 e. The Morgan fingerprint density at radius 1 is 1.07 bits per heavy atom. The lowest BCUT2D eigenvalue weighted by molar-refractivity contribution is 0.0955. The van der Waals surface area contributed by atoms with Gasteiger partial charge >= 0.3 is 0 Å². The highest BCUT2D eigenvalue weighted by Gasteiger charge is 2.13. The summed E-state index contributed by atoms with van der Waals surface area (Å²) in [5, 5.41) is 10.4. The summed E-state index contributed by atoms with van der Waals surface area (Å²) < 4.78 is 25.1. The third kappa shape index (κ3) is 7.12. The van der Waals surface area contributed by atoms with Crippen molar-refractivity contribution in [3.63, 3.8) is 0 Å². The Bertz CT molecular complexity index is 1720. The van der Waals surface area contributed by atoms with E-state index in [2.05, 4.69) is 20.8 Å². The van der Waals surface area contributed by atoms with Crippen molar-refractivity contribution in [2.75, 3.05) is 12.4 Å². The minimum absolute atomic E-state index is 0.0149. The summed E-state index contributed by atoms with van der Waals surface area (Å²) in [6.45, 7) is 2.03. The molecule has 10 heteroatoms. The average Bonchev–Trinajstić information content (AvgIpc) is 3.47. The molecule has 0 atom stereocenters. The van der Waals surface area contributed by atoms with Gasteiger partial charge in [0.2, 0.25) is 0 Å². The van der Waals surface area contributed by atoms with Crippen LogP contribution in [0.3, 0.4) is 0 Å². The molecule has 0 aliphatic carbocycles. The smallest absolute Gasteiger partial charge is 0.271 e. The minimum atomic E-state index is -0.374. The number of nitrogens with zero attached hydrogens (tertiary/aromatic N) is 2. The molecule has 0 unspecified atom stereocenters. The van der Waals surface area contributed by atoms with Gasteiger partial charge in [-0.15, -0.1) is 11.3 Å². The Hall–Kier alpha value is -4.73. The van der Waals surface area contributed by atoms with Gasteiger partial charge in [-0.2, -0.15) is 5.10 Å². The van der Waals surface area contributed by atoms with Crippen LogP contribution in [0, 0.1) is 12.7 Å². The van der Waals surface area contributed by atoms with E-state index in [1.165, 1.54) is 36.3 Å². The Balaban J connectivity index is 1.19. The molecule has 0 bridgehead atoms. The van der Waals surface area contributed by atoms with Gasteiger partial charge in [0.1, 0.15) is 12.4 Å². The number of nitrogens with one attached hydrogen (secondary N) is 2. The van der Waals surface area contributed by atoms with Gasteiger partial charge in [0.25, 0.3) is 5.91 Å². The zero-order chi connectivity index (χ0) is 29.5. The number of halogens is 2. The van der Waals surface area contributed by atoms with Crippen LogP contribution in [0.1, 0.15) is 27.0 Å². The van der Waals surface area contributed by atoms with Gasteiger partial charge in [-0.1, -0.05) is 59.6 Å². The number of anilines is 2. The van der Waals surface area contributed by atoms with E-state index in [-0.39, 0.29) is 29.1 Å². The molecule has 5 rings (SSSR count). The lowest BCUT2D eigenvalue weighted by atomic mass is 10.1. The van der Waals surface area contributed by atoms with E-state index < -0.39 is 0 Å². The SMILES string of the molecule is COc1cc(/C=N\NC(=O)c2ccc(-c3csc(Nc4ccc(C)cc4)n3)cc2)cc(Cl)c1OCc1ccccc1F. The predicted molar refractivity (Wildman–Crippen MR) is 166 cm³/mol. The van der Waals surface area contributed by atoms with E-state index in [9.17, 15) is 9.18 Å². The maximum absolute atomic E-state index is 13.9. The van der Waals surface area contributed by atoms with Gasteiger partial charge in [-0.05, 0) is 55.0 Å². The Morgan fingerprint density at radius 2 is 1.83 bits per heavy atom. The summed E-state index contributed by atoms with van der Waals surface area (Å²) in [6.07, 6.45) is 1.44. The largest absolute Gasteiger partial charge is 0.493 e. The van der Waals surface area contributed by atoms with Gasteiger partial charge in [0, 0.05) is 27.8 Å². The average molecular weight is 601 g/mol. The van der Waals surface area contributed by atoms with Crippen molar-refractivity contribution in [3.05, 3.63) is 123 Å². The molecule has 5 aromatic rings. The summed E-state index contributed by atoms with van der Waals surface area (Å²) >= 11 is 7.92. The molecule has 0 aliphatic rings. The van der Waals surface area contributed by atoms with Gasteiger partial charge in [-0.25, -0.2) is 14.8 Å². The fourth-order valence-corrected chi connectivity index (χ4v) is 4.98. The van der Waals surface area contributed by atoms with E-state index in [4.69, 9.17) is 21.1 Å². The first-order valence-electron chi connectivity index (χ1n) is 12.9. The maximum Gasteiger partial charge on any atom is 0.271 e. The number of amides is 1. The predicted octanol–water partition coefficient (Wildman–Crippen LogP) is 8.01. The number of ether oxygens (including phenoxy) is 2. The van der Waals surface area contributed by atoms with Crippen LogP contribution in [0.15, 0.2) is 95.4 Å². The molecular formula is C32H26ClFN4O3S. The molecule has 1 aromatic heterocycles. The molecule has 0 aliphatic heterocycles. The normalized spacial score (nSPS) is 11.0. The number of aromatic nitrogens is 1. The number of aryl methyl sites for hydroxylation is 1.